The molecule has 0 fully saturated rings. The molecule has 0 N–H and O–H groups in total. The van der Waals surface area contributed by atoms with Crippen LogP contribution in [0.15, 0.2) is 86.9 Å². The molecule has 0 atom stereocenters. The number of methoxy groups -OCH3 is 1. The largest absolute Gasteiger partial charge is 0.495 e. The average molecular weight is 480 g/mol. The van der Waals surface area contributed by atoms with E-state index >= 15 is 0 Å². The summed E-state index contributed by atoms with van der Waals surface area (Å²) in [4.78, 5) is 24.2. The van der Waals surface area contributed by atoms with Crippen molar-refractivity contribution in [3.63, 3.8) is 0 Å². The maximum Gasteiger partial charge on any atom is 0.343 e. The number of anilines is 1. The zero-order chi connectivity index (χ0) is 24.5. The van der Waals surface area contributed by atoms with Crippen LogP contribution in [0.5, 0.6) is 11.5 Å². The molecule has 0 aliphatic rings. The standard InChI is InChI=1S/C25H21NO7S/c1-16-14-24(27)33-23-15-18(10-13-20(16)23)32-25(28)17-8-11-19(12-9-17)34(29,30)26(2)21-6-4-5-7-22(21)31-3/h4-15H,1-3H3. The van der Waals surface area contributed by atoms with E-state index in [9.17, 15) is 18.0 Å². The molecular weight excluding hydrogens is 458 g/mol. The number of hydrogen-bond donors (Lipinski definition) is 0. The molecule has 0 aliphatic carbocycles. The van der Waals surface area contributed by atoms with Gasteiger partial charge in [-0.2, -0.15) is 0 Å². The van der Waals surface area contributed by atoms with Gasteiger partial charge in [0, 0.05) is 24.6 Å². The number of hydrogen-bond acceptors (Lipinski definition) is 7. The molecule has 4 rings (SSSR count). The van der Waals surface area contributed by atoms with Gasteiger partial charge < -0.3 is 13.9 Å². The van der Waals surface area contributed by atoms with Gasteiger partial charge in [0.1, 0.15) is 17.1 Å². The molecule has 0 saturated heterocycles. The minimum absolute atomic E-state index is 0.000381. The van der Waals surface area contributed by atoms with Crippen LogP contribution in [0.1, 0.15) is 15.9 Å². The van der Waals surface area contributed by atoms with Gasteiger partial charge in [0.05, 0.1) is 23.3 Å². The Morgan fingerprint density at radius 1 is 0.971 bits per heavy atom. The third kappa shape index (κ3) is 4.38. The Hall–Kier alpha value is -4.11. The van der Waals surface area contributed by atoms with Gasteiger partial charge >= 0.3 is 11.6 Å². The van der Waals surface area contributed by atoms with Crippen molar-refractivity contribution in [2.75, 3.05) is 18.5 Å². The number of carbonyl (C=O) groups is 1. The van der Waals surface area contributed by atoms with Crippen LogP contribution < -0.4 is 19.4 Å². The van der Waals surface area contributed by atoms with E-state index in [2.05, 4.69) is 0 Å². The number of sulfonamides is 1. The lowest BCUT2D eigenvalue weighted by atomic mass is 10.1. The van der Waals surface area contributed by atoms with Crippen LogP contribution in [-0.2, 0) is 10.0 Å². The van der Waals surface area contributed by atoms with Gasteiger partial charge in [-0.1, -0.05) is 12.1 Å². The smallest absolute Gasteiger partial charge is 0.343 e. The summed E-state index contributed by atoms with van der Waals surface area (Å²) in [6.07, 6.45) is 0. The van der Waals surface area contributed by atoms with E-state index in [1.165, 1.54) is 50.6 Å². The highest BCUT2D eigenvalue weighted by molar-refractivity contribution is 7.92. The van der Waals surface area contributed by atoms with E-state index in [4.69, 9.17) is 13.9 Å². The summed E-state index contributed by atoms with van der Waals surface area (Å²) in [6, 6.07) is 18.3. The molecular formula is C25H21NO7S. The van der Waals surface area contributed by atoms with E-state index in [1.807, 2.05) is 0 Å². The molecule has 174 valence electrons. The summed E-state index contributed by atoms with van der Waals surface area (Å²) >= 11 is 0. The zero-order valence-electron chi connectivity index (χ0n) is 18.6. The van der Waals surface area contributed by atoms with Crippen molar-refractivity contribution in [3.8, 4) is 11.5 Å². The number of aryl methyl sites for hydroxylation is 1. The lowest BCUT2D eigenvalue weighted by Crippen LogP contribution is -2.27. The molecule has 0 spiro atoms. The van der Waals surface area contributed by atoms with Crippen LogP contribution in [0, 0.1) is 6.92 Å². The molecule has 0 amide bonds. The van der Waals surface area contributed by atoms with Crippen LogP contribution in [0.2, 0.25) is 0 Å². The molecule has 34 heavy (non-hydrogen) atoms. The highest BCUT2D eigenvalue weighted by Gasteiger charge is 2.24. The van der Waals surface area contributed by atoms with Crippen molar-refractivity contribution < 1.29 is 27.1 Å². The fraction of sp³-hybridized carbons (Fsp3) is 0.120. The third-order valence-corrected chi connectivity index (χ3v) is 7.09. The maximum absolute atomic E-state index is 13.1. The number of esters is 1. The number of fused-ring (bicyclic) bond motifs is 1. The topological polar surface area (TPSA) is 103 Å². The highest BCUT2D eigenvalue weighted by Crippen LogP contribution is 2.31. The summed E-state index contributed by atoms with van der Waals surface area (Å²) < 4.78 is 43.1. The normalized spacial score (nSPS) is 11.3. The first-order valence-electron chi connectivity index (χ1n) is 10.2. The zero-order valence-corrected chi connectivity index (χ0v) is 19.5. The summed E-state index contributed by atoms with van der Waals surface area (Å²) in [5, 5.41) is 0.730. The minimum Gasteiger partial charge on any atom is -0.495 e. The van der Waals surface area contributed by atoms with Gasteiger partial charge in [0.15, 0.2) is 0 Å². The van der Waals surface area contributed by atoms with E-state index < -0.39 is 21.6 Å². The molecule has 0 unspecified atom stereocenters. The Morgan fingerprint density at radius 3 is 2.38 bits per heavy atom. The summed E-state index contributed by atoms with van der Waals surface area (Å²) in [6.45, 7) is 1.78. The predicted octanol–water partition coefficient (Wildman–Crippen LogP) is 4.15. The van der Waals surface area contributed by atoms with Crippen molar-refractivity contribution in [1.29, 1.82) is 0 Å². The summed E-state index contributed by atoms with van der Waals surface area (Å²) in [5.74, 6) is -0.0783. The Balaban J connectivity index is 1.55. The Bertz CT molecular complexity index is 1540. The molecule has 3 aromatic carbocycles. The minimum atomic E-state index is -3.90. The summed E-state index contributed by atoms with van der Waals surface area (Å²) in [7, 11) is -1.01. The SMILES string of the molecule is COc1ccccc1N(C)S(=O)(=O)c1ccc(C(=O)Oc2ccc3c(C)cc(=O)oc3c2)cc1. The van der Waals surface area contributed by atoms with Crippen molar-refractivity contribution >= 4 is 32.6 Å². The Kier molecular flexibility index (Phi) is 6.12. The van der Waals surface area contributed by atoms with Crippen LogP contribution >= 0.6 is 0 Å². The van der Waals surface area contributed by atoms with Gasteiger partial charge in [-0.25, -0.2) is 18.0 Å². The van der Waals surface area contributed by atoms with E-state index in [1.54, 1.807) is 43.3 Å². The quantitative estimate of drug-likeness (QED) is 0.232. The fourth-order valence-electron chi connectivity index (χ4n) is 3.48. The van der Waals surface area contributed by atoms with Crippen molar-refractivity contribution in [1.82, 2.24) is 0 Å². The lowest BCUT2D eigenvalue weighted by molar-refractivity contribution is 0.0735. The third-order valence-electron chi connectivity index (χ3n) is 5.31. The number of nitrogens with zero attached hydrogens (tertiary/aromatic N) is 1. The van der Waals surface area contributed by atoms with E-state index in [-0.39, 0.29) is 16.2 Å². The molecule has 0 radical (unpaired) electrons. The predicted molar refractivity (Wildman–Crippen MR) is 127 cm³/mol. The number of ether oxygens (including phenoxy) is 2. The van der Waals surface area contributed by atoms with Gasteiger partial charge in [0.25, 0.3) is 10.0 Å². The van der Waals surface area contributed by atoms with E-state index in [0.29, 0.717) is 17.0 Å². The van der Waals surface area contributed by atoms with E-state index in [0.717, 1.165) is 15.3 Å². The average Bonchev–Trinajstić information content (AvgIpc) is 2.83. The van der Waals surface area contributed by atoms with Crippen molar-refractivity contribution in [2.24, 2.45) is 0 Å². The van der Waals surface area contributed by atoms with Gasteiger partial charge in [-0.3, -0.25) is 4.31 Å². The lowest BCUT2D eigenvalue weighted by Gasteiger charge is -2.21. The second-order valence-corrected chi connectivity index (χ2v) is 9.43. The number of rotatable bonds is 6. The second-order valence-electron chi connectivity index (χ2n) is 7.46. The van der Waals surface area contributed by atoms with Crippen LogP contribution in [-0.4, -0.2) is 28.5 Å². The van der Waals surface area contributed by atoms with Gasteiger partial charge in [-0.15, -0.1) is 0 Å². The number of benzene rings is 3. The Morgan fingerprint density at radius 2 is 1.68 bits per heavy atom. The van der Waals surface area contributed by atoms with Crippen molar-refractivity contribution in [2.45, 2.75) is 11.8 Å². The first-order chi connectivity index (χ1) is 16.2. The molecule has 1 aromatic heterocycles. The molecule has 1 heterocycles. The molecule has 0 aliphatic heterocycles. The van der Waals surface area contributed by atoms with Crippen LogP contribution in [0.25, 0.3) is 11.0 Å². The van der Waals surface area contributed by atoms with Gasteiger partial charge in [0.2, 0.25) is 0 Å². The van der Waals surface area contributed by atoms with Crippen LogP contribution in [0.4, 0.5) is 5.69 Å². The fourth-order valence-corrected chi connectivity index (χ4v) is 4.68. The number of carbonyl (C=O) groups excluding carboxylic acids is 1. The molecule has 9 heteroatoms. The van der Waals surface area contributed by atoms with Crippen molar-refractivity contribution in [3.05, 3.63) is 94.3 Å². The molecule has 4 aromatic rings. The molecule has 0 bridgehead atoms. The first kappa shape index (κ1) is 23.1. The molecule has 0 saturated carbocycles. The monoisotopic (exact) mass is 479 g/mol. The Labute approximate surface area is 196 Å². The first-order valence-corrected chi connectivity index (χ1v) is 11.6. The summed E-state index contributed by atoms with van der Waals surface area (Å²) in [5.41, 5.74) is 1.09. The number of para-hydroxylation sites is 2. The highest BCUT2D eigenvalue weighted by atomic mass is 32.2. The van der Waals surface area contributed by atoms with Crippen LogP contribution in [0.3, 0.4) is 0 Å². The van der Waals surface area contributed by atoms with Gasteiger partial charge in [-0.05, 0) is 61.0 Å². The molecule has 8 nitrogen and oxygen atoms in total. The maximum atomic E-state index is 13.1. The second kappa shape index (κ2) is 9.03.